The van der Waals surface area contributed by atoms with Crippen molar-refractivity contribution in [2.45, 2.75) is 48.5 Å². The van der Waals surface area contributed by atoms with Crippen LogP contribution in [0.15, 0.2) is 12.1 Å². The SMILES string of the molecule is CN1CC[C@]23c4c5ccc(O)c4O[C@H]2C(=O)C[C@@H](O)C3(O)[C@H]1C5. The summed E-state index contributed by atoms with van der Waals surface area (Å²) in [5.74, 6) is 0.111. The van der Waals surface area contributed by atoms with Crippen molar-refractivity contribution in [2.24, 2.45) is 0 Å². The Morgan fingerprint density at radius 2 is 2.13 bits per heavy atom. The Balaban J connectivity index is 1.89. The van der Waals surface area contributed by atoms with Crippen LogP contribution in [0.3, 0.4) is 0 Å². The summed E-state index contributed by atoms with van der Waals surface area (Å²) in [5, 5.41) is 32.5. The van der Waals surface area contributed by atoms with Crippen LogP contribution in [0.4, 0.5) is 0 Å². The second kappa shape index (κ2) is 3.88. The van der Waals surface area contributed by atoms with E-state index in [1.165, 1.54) is 0 Å². The van der Waals surface area contributed by atoms with Gasteiger partial charge in [0.15, 0.2) is 23.4 Å². The number of likely N-dealkylation sites (tertiary alicyclic amines) is 1. The van der Waals surface area contributed by atoms with Gasteiger partial charge in [-0.2, -0.15) is 0 Å². The number of nitrogens with zero attached hydrogens (tertiary/aromatic N) is 1. The number of carbonyl (C=O) groups is 1. The molecule has 2 bridgehead atoms. The van der Waals surface area contributed by atoms with Gasteiger partial charge in [0.2, 0.25) is 0 Å². The van der Waals surface area contributed by atoms with E-state index < -0.39 is 23.2 Å². The van der Waals surface area contributed by atoms with Crippen LogP contribution in [0.2, 0.25) is 0 Å². The van der Waals surface area contributed by atoms with Gasteiger partial charge in [-0.15, -0.1) is 0 Å². The topological polar surface area (TPSA) is 90.2 Å². The van der Waals surface area contributed by atoms with Crippen molar-refractivity contribution in [1.82, 2.24) is 4.90 Å². The van der Waals surface area contributed by atoms with Gasteiger partial charge in [0.05, 0.1) is 11.5 Å². The van der Waals surface area contributed by atoms with E-state index in [2.05, 4.69) is 4.90 Å². The molecule has 6 nitrogen and oxygen atoms in total. The first kappa shape index (κ1) is 13.8. The van der Waals surface area contributed by atoms with Crippen LogP contribution in [-0.4, -0.2) is 63.4 Å². The molecule has 0 aromatic heterocycles. The van der Waals surface area contributed by atoms with E-state index in [9.17, 15) is 20.1 Å². The average molecular weight is 317 g/mol. The fourth-order valence-corrected chi connectivity index (χ4v) is 5.58. The minimum absolute atomic E-state index is 0.00505. The lowest BCUT2D eigenvalue weighted by Crippen LogP contribution is -2.80. The lowest BCUT2D eigenvalue weighted by molar-refractivity contribution is -0.226. The highest BCUT2D eigenvalue weighted by molar-refractivity contribution is 5.90. The molecule has 122 valence electrons. The molecule has 1 saturated carbocycles. The molecule has 5 atom stereocenters. The van der Waals surface area contributed by atoms with Gasteiger partial charge in [0.25, 0.3) is 0 Å². The zero-order valence-corrected chi connectivity index (χ0v) is 12.8. The first-order chi connectivity index (χ1) is 10.9. The smallest absolute Gasteiger partial charge is 0.177 e. The highest BCUT2D eigenvalue weighted by atomic mass is 16.5. The number of benzene rings is 1. The van der Waals surface area contributed by atoms with Crippen LogP contribution in [0, 0.1) is 0 Å². The van der Waals surface area contributed by atoms with Crippen molar-refractivity contribution < 1.29 is 24.9 Å². The zero-order valence-electron chi connectivity index (χ0n) is 12.8. The van der Waals surface area contributed by atoms with E-state index in [1.807, 2.05) is 13.1 Å². The second-order valence-corrected chi connectivity index (χ2v) is 7.38. The van der Waals surface area contributed by atoms with E-state index in [4.69, 9.17) is 4.74 Å². The van der Waals surface area contributed by atoms with Crippen molar-refractivity contribution in [3.8, 4) is 11.5 Å². The van der Waals surface area contributed by atoms with Gasteiger partial charge in [0, 0.05) is 18.0 Å². The Bertz CT molecular complexity index is 749. The number of phenolic OH excluding ortho intramolecular Hbond substituents is 1. The van der Waals surface area contributed by atoms with Crippen molar-refractivity contribution in [3.63, 3.8) is 0 Å². The number of carbonyl (C=O) groups excluding carboxylic acids is 1. The van der Waals surface area contributed by atoms with E-state index in [0.29, 0.717) is 25.1 Å². The molecule has 1 aromatic carbocycles. The van der Waals surface area contributed by atoms with E-state index >= 15 is 0 Å². The monoisotopic (exact) mass is 317 g/mol. The maximum Gasteiger partial charge on any atom is 0.177 e. The third kappa shape index (κ3) is 1.24. The normalized spacial score (nSPS) is 44.0. The number of rotatable bonds is 0. The van der Waals surface area contributed by atoms with E-state index in [0.717, 1.165) is 11.1 Å². The maximum absolute atomic E-state index is 12.6. The number of likely N-dealkylation sites (N-methyl/N-ethyl adjacent to an activating group) is 1. The molecule has 2 heterocycles. The predicted molar refractivity (Wildman–Crippen MR) is 79.5 cm³/mol. The number of hydrogen-bond acceptors (Lipinski definition) is 6. The van der Waals surface area contributed by atoms with Gasteiger partial charge >= 0.3 is 0 Å². The summed E-state index contributed by atoms with van der Waals surface area (Å²) >= 11 is 0. The number of hydrogen-bond donors (Lipinski definition) is 3. The molecule has 2 fully saturated rings. The number of aliphatic hydroxyl groups excluding tert-OH is 1. The predicted octanol–water partition coefficient (Wildman–Crippen LogP) is -0.284. The summed E-state index contributed by atoms with van der Waals surface area (Å²) in [6.07, 6.45) is -0.970. The van der Waals surface area contributed by atoms with Gasteiger partial charge in [0.1, 0.15) is 5.60 Å². The molecule has 23 heavy (non-hydrogen) atoms. The van der Waals surface area contributed by atoms with Crippen LogP contribution >= 0.6 is 0 Å². The summed E-state index contributed by atoms with van der Waals surface area (Å²) in [7, 11) is 1.94. The average Bonchev–Trinajstić information content (AvgIpc) is 2.86. The minimum Gasteiger partial charge on any atom is -0.504 e. The quantitative estimate of drug-likeness (QED) is 0.609. The minimum atomic E-state index is -1.44. The van der Waals surface area contributed by atoms with Crippen LogP contribution in [-0.2, 0) is 16.6 Å². The molecule has 0 amide bonds. The van der Waals surface area contributed by atoms with Crippen LogP contribution in [0.1, 0.15) is 24.0 Å². The number of aliphatic hydroxyl groups is 2. The highest BCUT2D eigenvalue weighted by Crippen LogP contribution is 2.64. The molecular weight excluding hydrogens is 298 g/mol. The molecule has 1 spiro atoms. The molecule has 1 saturated heterocycles. The summed E-state index contributed by atoms with van der Waals surface area (Å²) in [6, 6.07) is 3.16. The van der Waals surface area contributed by atoms with Gasteiger partial charge < -0.3 is 25.0 Å². The molecule has 2 aliphatic heterocycles. The number of piperidine rings is 1. The molecule has 0 radical (unpaired) electrons. The molecule has 2 aliphatic carbocycles. The third-order valence-corrected chi connectivity index (χ3v) is 6.57. The number of ketones is 1. The summed E-state index contributed by atoms with van der Waals surface area (Å²) in [4.78, 5) is 14.6. The first-order valence-corrected chi connectivity index (χ1v) is 8.06. The number of aromatic hydroxyl groups is 1. The largest absolute Gasteiger partial charge is 0.504 e. The Morgan fingerprint density at radius 3 is 2.91 bits per heavy atom. The molecule has 5 rings (SSSR count). The molecule has 4 aliphatic rings. The molecule has 6 heteroatoms. The molecule has 1 unspecified atom stereocenters. The van der Waals surface area contributed by atoms with Crippen molar-refractivity contribution in [1.29, 1.82) is 0 Å². The second-order valence-electron chi connectivity index (χ2n) is 7.38. The summed E-state index contributed by atoms with van der Waals surface area (Å²) in [6.45, 7) is 0.710. The first-order valence-electron chi connectivity index (χ1n) is 8.06. The van der Waals surface area contributed by atoms with Gasteiger partial charge in [-0.25, -0.2) is 0 Å². The van der Waals surface area contributed by atoms with Crippen LogP contribution in [0.5, 0.6) is 11.5 Å². The Hall–Kier alpha value is -1.63. The number of phenols is 1. The summed E-state index contributed by atoms with van der Waals surface area (Å²) in [5.41, 5.74) is -0.671. The summed E-state index contributed by atoms with van der Waals surface area (Å²) < 4.78 is 5.88. The van der Waals surface area contributed by atoms with Crippen molar-refractivity contribution >= 4 is 5.78 Å². The van der Waals surface area contributed by atoms with Crippen LogP contribution in [0.25, 0.3) is 0 Å². The maximum atomic E-state index is 12.6. The van der Waals surface area contributed by atoms with E-state index in [-0.39, 0.29) is 24.0 Å². The fourth-order valence-electron chi connectivity index (χ4n) is 5.58. The highest BCUT2D eigenvalue weighted by Gasteiger charge is 2.75. The standard InChI is InChI=1S/C17H19NO5/c1-18-5-4-16-13-8-2-3-9(19)14(13)23-15(16)10(20)7-12(21)17(16,22)11(18)6-8/h2-3,11-12,15,19,21-22H,4-7H2,1H3/t11-,12-,15+,16+,17?/m1/s1. The van der Waals surface area contributed by atoms with Crippen molar-refractivity contribution in [2.75, 3.05) is 13.6 Å². The number of Topliss-reactive ketones (excluding diaryl/α,β-unsaturated/α-hetero) is 1. The fraction of sp³-hybridized carbons (Fsp3) is 0.588. The molecule has 1 aromatic rings. The van der Waals surface area contributed by atoms with E-state index in [1.54, 1.807) is 6.07 Å². The number of ether oxygens (including phenoxy) is 1. The van der Waals surface area contributed by atoms with Gasteiger partial charge in [-0.1, -0.05) is 6.07 Å². The van der Waals surface area contributed by atoms with Gasteiger partial charge in [-0.05, 0) is 38.1 Å². The Kier molecular flexibility index (Phi) is 2.33. The van der Waals surface area contributed by atoms with Crippen LogP contribution < -0.4 is 4.74 Å². The third-order valence-electron chi connectivity index (χ3n) is 6.57. The molecular formula is C17H19NO5. The van der Waals surface area contributed by atoms with Gasteiger partial charge in [-0.3, -0.25) is 4.79 Å². The Morgan fingerprint density at radius 1 is 1.35 bits per heavy atom. The Labute approximate surface area is 133 Å². The van der Waals surface area contributed by atoms with Crippen molar-refractivity contribution in [3.05, 3.63) is 23.3 Å². The lowest BCUT2D eigenvalue weighted by Gasteiger charge is -2.63. The molecule has 3 N–H and O–H groups in total. The lowest BCUT2D eigenvalue weighted by atomic mass is 9.48. The zero-order chi connectivity index (χ0) is 16.1.